The monoisotopic (exact) mass is 368 g/mol. The molecule has 27 heavy (non-hydrogen) atoms. The van der Waals surface area contributed by atoms with Crippen LogP contribution in [0.25, 0.3) is 0 Å². The Kier molecular flexibility index (Phi) is 4.28. The molecule has 1 aliphatic heterocycles. The van der Waals surface area contributed by atoms with Gasteiger partial charge in [0.1, 0.15) is 5.75 Å². The predicted molar refractivity (Wildman–Crippen MR) is 109 cm³/mol. The maximum Gasteiger partial charge on any atom is 0.248 e. The number of methoxy groups -OCH3 is 1. The van der Waals surface area contributed by atoms with Crippen molar-refractivity contribution >= 4 is 11.6 Å². The summed E-state index contributed by atoms with van der Waals surface area (Å²) in [5.74, 6) is 1.72. The third-order valence-electron chi connectivity index (χ3n) is 7.45. The number of carbonyl (C=O) groups excluding carboxylic acids is 1. The lowest BCUT2D eigenvalue weighted by molar-refractivity contribution is -0.135. The lowest BCUT2D eigenvalue weighted by atomic mass is 9.67. The maximum absolute atomic E-state index is 13.1. The molecule has 1 amide bonds. The van der Waals surface area contributed by atoms with Crippen LogP contribution >= 0.6 is 0 Å². The topological polar surface area (TPSA) is 41.6 Å². The van der Waals surface area contributed by atoms with Crippen molar-refractivity contribution in [1.29, 1.82) is 0 Å². The Morgan fingerprint density at radius 3 is 2.67 bits per heavy atom. The van der Waals surface area contributed by atoms with Gasteiger partial charge in [-0.15, -0.1) is 0 Å². The molecule has 0 radical (unpaired) electrons. The van der Waals surface area contributed by atoms with Gasteiger partial charge in [-0.05, 0) is 54.6 Å². The minimum atomic E-state index is 0.156. The number of hydrogen-bond donors (Lipinski definition) is 1. The van der Waals surface area contributed by atoms with Gasteiger partial charge in [-0.2, -0.15) is 0 Å². The van der Waals surface area contributed by atoms with Crippen molar-refractivity contribution in [1.82, 2.24) is 4.90 Å². The van der Waals surface area contributed by atoms with Crippen molar-refractivity contribution in [2.24, 2.45) is 16.7 Å². The van der Waals surface area contributed by atoms with E-state index in [1.54, 1.807) is 13.2 Å². The van der Waals surface area contributed by atoms with Gasteiger partial charge in [0.15, 0.2) is 0 Å². The lowest BCUT2D eigenvalue weighted by Gasteiger charge is -2.49. The van der Waals surface area contributed by atoms with E-state index in [1.807, 2.05) is 12.1 Å². The molecule has 4 heteroatoms. The predicted octanol–water partition coefficient (Wildman–Crippen LogP) is 4.75. The third kappa shape index (κ3) is 2.84. The van der Waals surface area contributed by atoms with Crippen LogP contribution < -0.4 is 10.1 Å². The maximum atomic E-state index is 13.1. The Morgan fingerprint density at radius 2 is 2.04 bits per heavy atom. The van der Waals surface area contributed by atoms with Gasteiger partial charge in [-0.25, -0.2) is 0 Å². The molecule has 2 bridgehead atoms. The zero-order valence-electron chi connectivity index (χ0n) is 17.3. The lowest BCUT2D eigenvalue weighted by Crippen LogP contribution is -2.55. The smallest absolute Gasteiger partial charge is 0.248 e. The van der Waals surface area contributed by atoms with Crippen molar-refractivity contribution < 1.29 is 9.53 Å². The molecule has 0 aromatic heterocycles. The van der Waals surface area contributed by atoms with Crippen LogP contribution in [0.1, 0.15) is 52.0 Å². The number of aryl methyl sites for hydroxylation is 1. The zero-order chi connectivity index (χ0) is 19.4. The van der Waals surface area contributed by atoms with E-state index in [2.05, 4.69) is 44.0 Å². The molecule has 2 saturated carbocycles. The van der Waals surface area contributed by atoms with E-state index < -0.39 is 0 Å². The molecule has 1 heterocycles. The first-order valence-corrected chi connectivity index (χ1v) is 10.2. The summed E-state index contributed by atoms with van der Waals surface area (Å²) in [6.07, 6.45) is 6.50. The van der Waals surface area contributed by atoms with E-state index in [4.69, 9.17) is 4.74 Å². The number of benzene rings is 1. The Labute approximate surface area is 163 Å². The second-order valence-electron chi connectivity index (χ2n) is 9.55. The number of hydrogen-bond acceptors (Lipinski definition) is 3. The van der Waals surface area contributed by atoms with Crippen molar-refractivity contribution in [3.05, 3.63) is 35.5 Å². The number of rotatable bonds is 4. The van der Waals surface area contributed by atoms with Crippen molar-refractivity contribution in [2.45, 2.75) is 59.4 Å². The molecule has 3 aliphatic rings. The number of carbonyl (C=O) groups is 1. The van der Waals surface area contributed by atoms with E-state index in [9.17, 15) is 4.79 Å². The largest absolute Gasteiger partial charge is 0.495 e. The van der Waals surface area contributed by atoms with Crippen molar-refractivity contribution in [3.63, 3.8) is 0 Å². The fourth-order valence-electron chi connectivity index (χ4n) is 6.20. The van der Waals surface area contributed by atoms with E-state index >= 15 is 0 Å². The van der Waals surface area contributed by atoms with Gasteiger partial charge in [0.25, 0.3) is 0 Å². The summed E-state index contributed by atoms with van der Waals surface area (Å²) in [5.41, 5.74) is 3.55. The molecule has 2 fully saturated rings. The van der Waals surface area contributed by atoms with Gasteiger partial charge >= 0.3 is 0 Å². The molecule has 0 spiro atoms. The van der Waals surface area contributed by atoms with Crippen molar-refractivity contribution in [2.75, 3.05) is 19.0 Å². The Balaban J connectivity index is 1.56. The second-order valence-corrected chi connectivity index (χ2v) is 9.55. The Hall–Kier alpha value is -1.97. The highest BCUT2D eigenvalue weighted by Gasteiger charge is 2.61. The molecule has 2 unspecified atom stereocenters. The summed E-state index contributed by atoms with van der Waals surface area (Å²) in [5, 5.41) is 3.46. The molecule has 3 atom stereocenters. The number of fused-ring (bicyclic) bond motifs is 2. The normalized spacial score (nSPS) is 31.8. The van der Waals surface area contributed by atoms with E-state index in [0.717, 1.165) is 41.6 Å². The molecule has 1 N–H and O–H groups in total. The van der Waals surface area contributed by atoms with Gasteiger partial charge in [0, 0.05) is 30.8 Å². The highest BCUT2D eigenvalue weighted by Crippen LogP contribution is 2.64. The number of ether oxygens (including phenoxy) is 1. The molecule has 1 aromatic carbocycles. The highest BCUT2D eigenvalue weighted by atomic mass is 16.5. The SMILES string of the molecule is COc1cccc(C)c1NC1=CC(=O)N(C2C3(C)CC[C@H](C3)C2(C)C)CC1. The highest BCUT2D eigenvalue weighted by molar-refractivity contribution is 5.90. The second kappa shape index (κ2) is 6.29. The summed E-state index contributed by atoms with van der Waals surface area (Å²) in [6, 6.07) is 6.34. The first-order chi connectivity index (χ1) is 12.8. The molecule has 2 aliphatic carbocycles. The number of nitrogens with zero attached hydrogens (tertiary/aromatic N) is 1. The average molecular weight is 369 g/mol. The number of anilines is 1. The van der Waals surface area contributed by atoms with Gasteiger partial charge in [0.05, 0.1) is 12.8 Å². The fourth-order valence-corrected chi connectivity index (χ4v) is 6.20. The van der Waals surface area contributed by atoms with Crippen LogP contribution in [0.5, 0.6) is 5.75 Å². The van der Waals surface area contributed by atoms with Gasteiger partial charge in [0.2, 0.25) is 5.91 Å². The minimum absolute atomic E-state index is 0.156. The van der Waals surface area contributed by atoms with E-state index in [0.29, 0.717) is 6.04 Å². The van der Waals surface area contributed by atoms with Crippen LogP contribution in [0, 0.1) is 23.7 Å². The zero-order valence-corrected chi connectivity index (χ0v) is 17.3. The summed E-state index contributed by atoms with van der Waals surface area (Å²) >= 11 is 0. The Bertz CT molecular complexity index is 793. The summed E-state index contributed by atoms with van der Waals surface area (Å²) in [6.45, 7) is 9.99. The summed E-state index contributed by atoms with van der Waals surface area (Å²) in [4.78, 5) is 15.3. The van der Waals surface area contributed by atoms with Crippen LogP contribution in [0.3, 0.4) is 0 Å². The molecule has 4 rings (SSSR count). The molecule has 4 nitrogen and oxygen atoms in total. The van der Waals surface area contributed by atoms with E-state index in [-0.39, 0.29) is 16.7 Å². The minimum Gasteiger partial charge on any atom is -0.495 e. The van der Waals surface area contributed by atoms with Crippen LogP contribution in [0.15, 0.2) is 30.0 Å². The molecule has 1 aromatic rings. The van der Waals surface area contributed by atoms with Gasteiger partial charge < -0.3 is 15.0 Å². The Morgan fingerprint density at radius 1 is 1.26 bits per heavy atom. The number of nitrogens with one attached hydrogen (secondary N) is 1. The van der Waals surface area contributed by atoms with Crippen LogP contribution in [-0.2, 0) is 4.79 Å². The average Bonchev–Trinajstić information content (AvgIpc) is 3.09. The van der Waals surface area contributed by atoms with Gasteiger partial charge in [-0.3, -0.25) is 4.79 Å². The standard InChI is InChI=1S/C23H32N2O2/c1-15-7-6-8-18(27-5)20(15)24-17-10-12-25(19(26)13-17)21-22(2,3)16-9-11-23(21,4)14-16/h6-8,13,16,21,24H,9-12,14H2,1-5H3/t16-,21?,23?/m1/s1. The number of para-hydroxylation sites is 1. The van der Waals surface area contributed by atoms with E-state index in [1.165, 1.54) is 19.3 Å². The fraction of sp³-hybridized carbons (Fsp3) is 0.609. The van der Waals surface area contributed by atoms with Crippen LogP contribution in [-0.4, -0.2) is 30.5 Å². The molecular formula is C23H32N2O2. The molecule has 0 saturated heterocycles. The first kappa shape index (κ1) is 18.4. The van der Waals surface area contributed by atoms with Gasteiger partial charge in [-0.1, -0.05) is 32.9 Å². The third-order valence-corrected chi connectivity index (χ3v) is 7.45. The summed E-state index contributed by atoms with van der Waals surface area (Å²) in [7, 11) is 1.68. The van der Waals surface area contributed by atoms with Crippen LogP contribution in [0.4, 0.5) is 5.69 Å². The van der Waals surface area contributed by atoms with Crippen molar-refractivity contribution in [3.8, 4) is 5.75 Å². The first-order valence-electron chi connectivity index (χ1n) is 10.2. The van der Waals surface area contributed by atoms with Crippen LogP contribution in [0.2, 0.25) is 0 Å². The quantitative estimate of drug-likeness (QED) is 0.834. The molecular weight excluding hydrogens is 336 g/mol. The molecule has 146 valence electrons. The number of amides is 1. The summed E-state index contributed by atoms with van der Waals surface area (Å²) < 4.78 is 5.49.